The number of anilines is 1. The Bertz CT molecular complexity index is 757. The molecule has 8 heteroatoms. The van der Waals surface area contributed by atoms with Gasteiger partial charge in [0.25, 0.3) is 5.91 Å². The van der Waals surface area contributed by atoms with Gasteiger partial charge in [-0.15, -0.1) is 10.2 Å². The molecule has 2 heterocycles. The summed E-state index contributed by atoms with van der Waals surface area (Å²) in [5.41, 5.74) is 0.898. The minimum atomic E-state index is -0.328. The monoisotopic (exact) mass is 344 g/mol. The van der Waals surface area contributed by atoms with E-state index in [-0.39, 0.29) is 11.6 Å². The minimum Gasteiger partial charge on any atom is -0.321 e. The van der Waals surface area contributed by atoms with Gasteiger partial charge < -0.3 is 5.32 Å². The van der Waals surface area contributed by atoms with Crippen molar-refractivity contribution in [1.82, 2.24) is 25.0 Å². The van der Waals surface area contributed by atoms with Crippen molar-refractivity contribution >= 4 is 27.5 Å². The van der Waals surface area contributed by atoms with Gasteiger partial charge in [0.05, 0.1) is 0 Å². The maximum atomic E-state index is 12.1. The summed E-state index contributed by atoms with van der Waals surface area (Å²) < 4.78 is 2.34. The zero-order valence-corrected chi connectivity index (χ0v) is 12.2. The van der Waals surface area contributed by atoms with E-state index < -0.39 is 0 Å². The molecule has 0 unspecified atom stereocenters. The van der Waals surface area contributed by atoms with E-state index in [4.69, 9.17) is 0 Å². The van der Waals surface area contributed by atoms with Gasteiger partial charge in [-0.25, -0.2) is 9.67 Å². The third kappa shape index (κ3) is 3.11. The molecule has 0 saturated heterocycles. The Balaban J connectivity index is 1.76. The molecule has 0 bridgehead atoms. The highest BCUT2D eigenvalue weighted by molar-refractivity contribution is 9.10. The Morgan fingerprint density at radius 2 is 2.10 bits per heavy atom. The van der Waals surface area contributed by atoms with E-state index >= 15 is 0 Å². The van der Waals surface area contributed by atoms with Crippen LogP contribution in [0.25, 0.3) is 5.82 Å². The van der Waals surface area contributed by atoms with Crippen LogP contribution in [0.2, 0.25) is 0 Å². The molecule has 0 radical (unpaired) electrons. The molecule has 3 rings (SSSR count). The van der Waals surface area contributed by atoms with Crippen molar-refractivity contribution in [2.24, 2.45) is 0 Å². The van der Waals surface area contributed by atoms with Crippen LogP contribution in [0.15, 0.2) is 53.5 Å². The van der Waals surface area contributed by atoms with Gasteiger partial charge in [0.2, 0.25) is 0 Å². The molecule has 0 aliphatic rings. The summed E-state index contributed by atoms with van der Waals surface area (Å²) in [6, 6.07) is 10.5. The summed E-state index contributed by atoms with van der Waals surface area (Å²) in [5.74, 6) is 0.164. The van der Waals surface area contributed by atoms with Crippen molar-refractivity contribution in [3.05, 3.63) is 59.2 Å². The van der Waals surface area contributed by atoms with Crippen molar-refractivity contribution in [3.63, 3.8) is 0 Å². The number of nitrogens with one attached hydrogen (secondary N) is 1. The molecule has 1 aromatic carbocycles. The van der Waals surface area contributed by atoms with Crippen molar-refractivity contribution in [2.75, 3.05) is 5.32 Å². The SMILES string of the molecule is O=C(Nc1cccc(Br)c1)c1ccc(-n2cncn2)nn1. The molecule has 7 nitrogen and oxygen atoms in total. The molecule has 3 aromatic rings. The Morgan fingerprint density at radius 3 is 2.76 bits per heavy atom. The molecule has 1 N–H and O–H groups in total. The van der Waals surface area contributed by atoms with Gasteiger partial charge in [0, 0.05) is 10.2 Å². The number of aromatic nitrogens is 5. The third-order valence-electron chi connectivity index (χ3n) is 2.62. The second-order valence-corrected chi connectivity index (χ2v) is 5.00. The Morgan fingerprint density at radius 1 is 1.19 bits per heavy atom. The number of rotatable bonds is 3. The molecule has 2 aromatic heterocycles. The van der Waals surface area contributed by atoms with Crippen molar-refractivity contribution in [3.8, 4) is 5.82 Å². The zero-order chi connectivity index (χ0) is 14.7. The highest BCUT2D eigenvalue weighted by Gasteiger charge is 2.09. The number of carbonyl (C=O) groups excluding carboxylic acids is 1. The molecule has 0 aliphatic carbocycles. The van der Waals surface area contributed by atoms with Gasteiger partial charge in [0.1, 0.15) is 12.7 Å². The summed E-state index contributed by atoms with van der Waals surface area (Å²) in [6.45, 7) is 0. The normalized spacial score (nSPS) is 10.3. The average molecular weight is 345 g/mol. The molecule has 0 atom stereocenters. The first-order valence-electron chi connectivity index (χ1n) is 5.98. The fourth-order valence-electron chi connectivity index (χ4n) is 1.66. The number of hydrogen-bond donors (Lipinski definition) is 1. The fourth-order valence-corrected chi connectivity index (χ4v) is 2.06. The molecule has 0 aliphatic heterocycles. The lowest BCUT2D eigenvalue weighted by atomic mass is 10.3. The smallest absolute Gasteiger partial charge is 0.276 e. The first-order chi connectivity index (χ1) is 10.2. The van der Waals surface area contributed by atoms with Crippen LogP contribution in [0.1, 0.15) is 10.5 Å². The molecule has 0 spiro atoms. The number of benzene rings is 1. The van der Waals surface area contributed by atoms with Gasteiger partial charge in [-0.2, -0.15) is 5.10 Å². The van der Waals surface area contributed by atoms with Crippen molar-refractivity contribution in [1.29, 1.82) is 0 Å². The fraction of sp³-hybridized carbons (Fsp3) is 0. The molecule has 21 heavy (non-hydrogen) atoms. The summed E-state index contributed by atoms with van der Waals surface area (Å²) >= 11 is 3.34. The Kier molecular flexibility index (Phi) is 3.69. The molecule has 0 saturated carbocycles. The Hall–Kier alpha value is -2.61. The van der Waals surface area contributed by atoms with Crippen LogP contribution in [0.3, 0.4) is 0 Å². The van der Waals surface area contributed by atoms with E-state index in [0.717, 1.165) is 4.47 Å². The number of nitrogens with zero attached hydrogens (tertiary/aromatic N) is 5. The largest absolute Gasteiger partial charge is 0.321 e. The van der Waals surface area contributed by atoms with Crippen LogP contribution in [0, 0.1) is 0 Å². The summed E-state index contributed by atoms with van der Waals surface area (Å²) in [6.07, 6.45) is 2.90. The number of halogens is 1. The van der Waals surface area contributed by atoms with Crippen molar-refractivity contribution < 1.29 is 4.79 Å². The number of carbonyl (C=O) groups is 1. The zero-order valence-electron chi connectivity index (χ0n) is 10.6. The van der Waals surface area contributed by atoms with E-state index in [1.54, 1.807) is 24.3 Å². The lowest BCUT2D eigenvalue weighted by molar-refractivity contribution is 0.102. The number of amides is 1. The highest BCUT2D eigenvalue weighted by atomic mass is 79.9. The van der Waals surface area contributed by atoms with Gasteiger partial charge >= 0.3 is 0 Å². The number of hydrogen-bond acceptors (Lipinski definition) is 5. The van der Waals surface area contributed by atoms with E-state index in [9.17, 15) is 4.79 Å². The van der Waals surface area contributed by atoms with Crippen LogP contribution < -0.4 is 5.32 Å². The standard InChI is InChI=1S/C13H9BrN6O/c14-9-2-1-3-10(6-9)17-13(21)11-4-5-12(19-18-11)20-8-15-7-16-20/h1-8H,(H,17,21). The second kappa shape index (κ2) is 5.80. The highest BCUT2D eigenvalue weighted by Crippen LogP contribution is 2.16. The molecule has 104 valence electrons. The van der Waals surface area contributed by atoms with Crippen molar-refractivity contribution in [2.45, 2.75) is 0 Å². The third-order valence-corrected chi connectivity index (χ3v) is 3.11. The van der Waals surface area contributed by atoms with Crippen LogP contribution in [0.5, 0.6) is 0 Å². The maximum absolute atomic E-state index is 12.1. The lowest BCUT2D eigenvalue weighted by Crippen LogP contribution is -2.15. The first-order valence-corrected chi connectivity index (χ1v) is 6.77. The van der Waals surface area contributed by atoms with Crippen LogP contribution >= 0.6 is 15.9 Å². The summed E-state index contributed by atoms with van der Waals surface area (Å²) in [7, 11) is 0. The van der Waals surface area contributed by atoms with Gasteiger partial charge in [0.15, 0.2) is 11.5 Å². The van der Waals surface area contributed by atoms with Gasteiger partial charge in [-0.1, -0.05) is 22.0 Å². The van der Waals surface area contributed by atoms with Crippen LogP contribution in [-0.4, -0.2) is 30.9 Å². The maximum Gasteiger partial charge on any atom is 0.276 e. The summed E-state index contributed by atoms with van der Waals surface area (Å²) in [5, 5.41) is 14.5. The Labute approximate surface area is 128 Å². The van der Waals surface area contributed by atoms with Gasteiger partial charge in [-0.05, 0) is 30.3 Å². The molecule has 0 fully saturated rings. The topological polar surface area (TPSA) is 85.6 Å². The van der Waals surface area contributed by atoms with E-state index in [2.05, 4.69) is 41.5 Å². The van der Waals surface area contributed by atoms with E-state index in [0.29, 0.717) is 11.5 Å². The predicted molar refractivity (Wildman–Crippen MR) is 79.0 cm³/mol. The van der Waals surface area contributed by atoms with Gasteiger partial charge in [-0.3, -0.25) is 4.79 Å². The lowest BCUT2D eigenvalue weighted by Gasteiger charge is -2.05. The quantitative estimate of drug-likeness (QED) is 0.785. The predicted octanol–water partition coefficient (Wildman–Crippen LogP) is 2.07. The minimum absolute atomic E-state index is 0.221. The van der Waals surface area contributed by atoms with E-state index in [1.807, 2.05) is 12.1 Å². The average Bonchev–Trinajstić information content (AvgIpc) is 3.01. The molecule has 1 amide bonds. The van der Waals surface area contributed by atoms with Crippen LogP contribution in [-0.2, 0) is 0 Å². The summed E-state index contributed by atoms with van der Waals surface area (Å²) in [4.78, 5) is 15.9. The molecular weight excluding hydrogens is 336 g/mol. The second-order valence-electron chi connectivity index (χ2n) is 4.08. The van der Waals surface area contributed by atoms with E-state index in [1.165, 1.54) is 17.3 Å². The van der Waals surface area contributed by atoms with Crippen LogP contribution in [0.4, 0.5) is 5.69 Å². The molecular formula is C13H9BrN6O. The first kappa shape index (κ1) is 13.4.